The monoisotopic (exact) mass is 352 g/mol. The third kappa shape index (κ3) is 3.40. The van der Waals surface area contributed by atoms with E-state index in [9.17, 15) is 9.59 Å². The second-order valence-electron chi connectivity index (χ2n) is 5.55. The van der Waals surface area contributed by atoms with E-state index in [0.717, 1.165) is 4.88 Å². The van der Waals surface area contributed by atoms with Gasteiger partial charge in [0.1, 0.15) is 5.54 Å². The zero-order valence-corrected chi connectivity index (χ0v) is 14.4. The minimum Gasteiger partial charge on any atom is -0.338 e. The van der Waals surface area contributed by atoms with Crippen molar-refractivity contribution >= 4 is 35.0 Å². The van der Waals surface area contributed by atoms with E-state index < -0.39 is 5.54 Å². The number of urea groups is 1. The molecule has 122 valence electrons. The lowest BCUT2D eigenvalue weighted by Gasteiger charge is -2.15. The highest BCUT2D eigenvalue weighted by atomic mass is 32.2. The predicted molar refractivity (Wildman–Crippen MR) is 88.1 cm³/mol. The number of carbonyl (C=O) groups is 2. The molecule has 3 heterocycles. The molecule has 0 atom stereocenters. The summed E-state index contributed by atoms with van der Waals surface area (Å²) in [6.07, 6.45) is 0. The molecule has 1 aliphatic heterocycles. The van der Waals surface area contributed by atoms with Gasteiger partial charge in [-0.25, -0.2) is 4.79 Å². The van der Waals surface area contributed by atoms with Crippen LogP contribution in [0.15, 0.2) is 22.0 Å². The molecule has 23 heavy (non-hydrogen) atoms. The lowest BCUT2D eigenvalue weighted by molar-refractivity contribution is -0.130. The van der Waals surface area contributed by atoms with Crippen molar-refractivity contribution in [3.05, 3.63) is 23.4 Å². The highest BCUT2D eigenvalue weighted by molar-refractivity contribution is 7.98. The molecule has 3 amide bonds. The minimum atomic E-state index is -0.816. The molecule has 1 saturated heterocycles. The highest BCUT2D eigenvalue weighted by Crippen LogP contribution is 2.23. The fourth-order valence-corrected chi connectivity index (χ4v) is 3.55. The molecule has 1 aliphatic rings. The average molecular weight is 352 g/mol. The molecule has 0 aromatic carbocycles. The molecule has 9 heteroatoms. The van der Waals surface area contributed by atoms with E-state index in [1.54, 1.807) is 36.9 Å². The molecule has 0 bridgehead atoms. The van der Waals surface area contributed by atoms with Gasteiger partial charge in [0.25, 0.3) is 5.91 Å². The Morgan fingerprint density at radius 2 is 2.26 bits per heavy atom. The molecule has 7 nitrogen and oxygen atoms in total. The molecule has 0 radical (unpaired) electrons. The normalized spacial score (nSPS) is 16.9. The van der Waals surface area contributed by atoms with Gasteiger partial charge in [-0.1, -0.05) is 11.2 Å². The number of imide groups is 1. The zero-order valence-electron chi connectivity index (χ0n) is 12.7. The third-order valence-corrected chi connectivity index (χ3v) is 5.13. The van der Waals surface area contributed by atoms with Crippen molar-refractivity contribution in [1.29, 1.82) is 0 Å². The third-order valence-electron chi connectivity index (χ3n) is 3.34. The summed E-state index contributed by atoms with van der Waals surface area (Å²) in [7, 11) is 0. The zero-order chi connectivity index (χ0) is 16.4. The van der Waals surface area contributed by atoms with Crippen LogP contribution in [0.25, 0.3) is 10.7 Å². The van der Waals surface area contributed by atoms with Crippen LogP contribution in [0, 0.1) is 0 Å². The van der Waals surface area contributed by atoms with Crippen LogP contribution in [0.4, 0.5) is 4.79 Å². The standard InChI is InChI=1S/C14H16N4O3S2/c1-14(2)12(19)18(13(20)16-14)5-7-22-8-10-15-11(17-21-10)9-4-3-6-23-9/h3-4,6H,5,7-8H2,1-2H3,(H,16,20). The van der Waals surface area contributed by atoms with Crippen molar-refractivity contribution in [2.45, 2.75) is 25.1 Å². The van der Waals surface area contributed by atoms with Gasteiger partial charge in [-0.15, -0.1) is 11.3 Å². The minimum absolute atomic E-state index is 0.194. The summed E-state index contributed by atoms with van der Waals surface area (Å²) in [6, 6.07) is 3.54. The lowest BCUT2D eigenvalue weighted by Crippen LogP contribution is -2.40. The van der Waals surface area contributed by atoms with E-state index in [1.807, 2.05) is 17.5 Å². The molecule has 1 fully saturated rings. The first kappa shape index (κ1) is 16.0. The van der Waals surface area contributed by atoms with Gasteiger partial charge in [-0.05, 0) is 25.3 Å². The fraction of sp³-hybridized carbons (Fsp3) is 0.429. The maximum absolute atomic E-state index is 12.0. The summed E-state index contributed by atoms with van der Waals surface area (Å²) in [5, 5.41) is 8.56. The molecule has 2 aromatic rings. The first-order valence-corrected chi connectivity index (χ1v) is 9.09. The summed E-state index contributed by atoms with van der Waals surface area (Å²) in [5.74, 6) is 2.10. The van der Waals surface area contributed by atoms with Crippen LogP contribution in [0.1, 0.15) is 19.7 Å². The summed E-state index contributed by atoms with van der Waals surface area (Å²) >= 11 is 3.10. The maximum atomic E-state index is 12.0. The van der Waals surface area contributed by atoms with Crippen LogP contribution in [-0.2, 0) is 10.5 Å². The molecule has 2 aromatic heterocycles. The number of aromatic nitrogens is 2. The summed E-state index contributed by atoms with van der Waals surface area (Å²) in [4.78, 5) is 30.3. The van der Waals surface area contributed by atoms with Gasteiger partial charge in [0.05, 0.1) is 10.6 Å². The predicted octanol–water partition coefficient (Wildman–Crippen LogP) is 2.36. The lowest BCUT2D eigenvalue weighted by atomic mass is 10.1. The van der Waals surface area contributed by atoms with Crippen LogP contribution in [0.5, 0.6) is 0 Å². The smallest absolute Gasteiger partial charge is 0.325 e. The number of carbonyl (C=O) groups excluding carboxylic acids is 2. The Balaban J connectivity index is 1.47. The maximum Gasteiger partial charge on any atom is 0.325 e. The number of hydrogen-bond donors (Lipinski definition) is 1. The fourth-order valence-electron chi connectivity index (χ4n) is 2.16. The van der Waals surface area contributed by atoms with Gasteiger partial charge in [-0.3, -0.25) is 9.69 Å². The summed E-state index contributed by atoms with van der Waals surface area (Å²) in [6.45, 7) is 3.76. The topological polar surface area (TPSA) is 88.3 Å². The van der Waals surface area contributed by atoms with Gasteiger partial charge < -0.3 is 9.84 Å². The Morgan fingerprint density at radius 1 is 1.43 bits per heavy atom. The first-order chi connectivity index (χ1) is 11.0. The van der Waals surface area contributed by atoms with Crippen molar-refractivity contribution in [3.63, 3.8) is 0 Å². The molecule has 0 unspecified atom stereocenters. The van der Waals surface area contributed by atoms with E-state index in [4.69, 9.17) is 4.52 Å². The molecule has 1 N–H and O–H groups in total. The number of hydrogen-bond acceptors (Lipinski definition) is 7. The Kier molecular flexibility index (Phi) is 4.40. The highest BCUT2D eigenvalue weighted by Gasteiger charge is 2.43. The van der Waals surface area contributed by atoms with Gasteiger partial charge in [0, 0.05) is 12.3 Å². The molecular formula is C14H16N4O3S2. The molecule has 0 aliphatic carbocycles. The number of rotatable bonds is 6. The van der Waals surface area contributed by atoms with Crippen molar-refractivity contribution in [3.8, 4) is 10.7 Å². The quantitative estimate of drug-likeness (QED) is 0.634. The number of thioether (sulfide) groups is 1. The Bertz CT molecular complexity index is 711. The SMILES string of the molecule is CC1(C)NC(=O)N(CCSCc2nc(-c3cccs3)no2)C1=O. The Labute approximate surface area is 141 Å². The van der Waals surface area contributed by atoms with Gasteiger partial charge in [0.15, 0.2) is 0 Å². The largest absolute Gasteiger partial charge is 0.338 e. The molecule has 3 rings (SSSR count). The van der Waals surface area contributed by atoms with Gasteiger partial charge >= 0.3 is 6.03 Å². The molecular weight excluding hydrogens is 336 g/mol. The second kappa shape index (κ2) is 6.32. The van der Waals surface area contributed by atoms with Crippen molar-refractivity contribution in [2.75, 3.05) is 12.3 Å². The van der Waals surface area contributed by atoms with E-state index in [2.05, 4.69) is 15.5 Å². The van der Waals surface area contributed by atoms with E-state index >= 15 is 0 Å². The van der Waals surface area contributed by atoms with E-state index in [1.165, 1.54) is 4.90 Å². The summed E-state index contributed by atoms with van der Waals surface area (Å²) < 4.78 is 5.20. The number of nitrogens with one attached hydrogen (secondary N) is 1. The first-order valence-electron chi connectivity index (χ1n) is 7.06. The van der Waals surface area contributed by atoms with Gasteiger partial charge in [-0.2, -0.15) is 16.7 Å². The van der Waals surface area contributed by atoms with E-state index in [0.29, 0.717) is 29.8 Å². The van der Waals surface area contributed by atoms with Crippen molar-refractivity contribution in [1.82, 2.24) is 20.4 Å². The number of amides is 3. The van der Waals surface area contributed by atoms with E-state index in [-0.39, 0.29) is 11.9 Å². The average Bonchev–Trinajstić information content (AvgIpc) is 3.19. The van der Waals surface area contributed by atoms with Crippen LogP contribution < -0.4 is 5.32 Å². The molecule has 0 saturated carbocycles. The number of nitrogens with zero attached hydrogens (tertiary/aromatic N) is 3. The van der Waals surface area contributed by atoms with Crippen LogP contribution in [0.2, 0.25) is 0 Å². The second-order valence-corrected chi connectivity index (χ2v) is 7.61. The van der Waals surface area contributed by atoms with Crippen LogP contribution >= 0.6 is 23.1 Å². The number of thiophene rings is 1. The van der Waals surface area contributed by atoms with Crippen LogP contribution in [0.3, 0.4) is 0 Å². The molecule has 0 spiro atoms. The van der Waals surface area contributed by atoms with Gasteiger partial charge in [0.2, 0.25) is 11.7 Å². The van der Waals surface area contributed by atoms with Crippen LogP contribution in [-0.4, -0.2) is 44.8 Å². The van der Waals surface area contributed by atoms with Crippen molar-refractivity contribution < 1.29 is 14.1 Å². The summed E-state index contributed by atoms with van der Waals surface area (Å²) in [5.41, 5.74) is -0.816. The Morgan fingerprint density at radius 3 is 2.91 bits per heavy atom. The Hall–Kier alpha value is -1.87. The van der Waals surface area contributed by atoms with Crippen molar-refractivity contribution in [2.24, 2.45) is 0 Å².